The molecular weight excluding hydrogens is 336 g/mol. The van der Waals surface area contributed by atoms with Gasteiger partial charge in [0.15, 0.2) is 0 Å². The summed E-state index contributed by atoms with van der Waals surface area (Å²) in [5.41, 5.74) is 5.08. The van der Waals surface area contributed by atoms with Crippen LogP contribution >= 0.6 is 0 Å². The Labute approximate surface area is 156 Å². The summed E-state index contributed by atoms with van der Waals surface area (Å²) in [6.45, 7) is 2.42. The van der Waals surface area contributed by atoms with E-state index in [0.717, 1.165) is 41.8 Å². The largest absolute Gasteiger partial charge is 0.361 e. The van der Waals surface area contributed by atoms with Crippen LogP contribution in [0, 0.1) is 0 Å². The Bertz CT molecular complexity index is 1160. The molecule has 0 aliphatic carbocycles. The van der Waals surface area contributed by atoms with E-state index in [1.54, 1.807) is 0 Å². The van der Waals surface area contributed by atoms with Crippen LogP contribution in [0.1, 0.15) is 16.8 Å². The lowest BCUT2D eigenvalue weighted by atomic mass is 10.0. The summed E-state index contributed by atoms with van der Waals surface area (Å²) in [7, 11) is 0. The molecular formula is C22H20N4O. The fraction of sp³-hybridized carbons (Fsp3) is 0.182. The first-order valence-electron chi connectivity index (χ1n) is 9.22. The minimum atomic E-state index is -0.00718. The summed E-state index contributed by atoms with van der Waals surface area (Å²) in [4.78, 5) is 25.8. The predicted octanol–water partition coefficient (Wildman–Crippen LogP) is 3.48. The van der Waals surface area contributed by atoms with Crippen molar-refractivity contribution < 1.29 is 0 Å². The molecule has 1 aliphatic heterocycles. The van der Waals surface area contributed by atoms with Crippen LogP contribution in [0.15, 0.2) is 65.6 Å². The maximum absolute atomic E-state index is 12.5. The van der Waals surface area contributed by atoms with Crippen molar-refractivity contribution in [2.75, 3.05) is 6.54 Å². The number of hydrogen-bond donors (Lipinski definition) is 2. The van der Waals surface area contributed by atoms with Crippen molar-refractivity contribution >= 4 is 10.9 Å². The molecule has 5 heteroatoms. The van der Waals surface area contributed by atoms with Crippen molar-refractivity contribution in [3.63, 3.8) is 0 Å². The molecule has 0 atom stereocenters. The van der Waals surface area contributed by atoms with E-state index in [1.807, 2.05) is 36.5 Å². The van der Waals surface area contributed by atoms with Crippen molar-refractivity contribution in [1.29, 1.82) is 0 Å². The number of rotatable bonds is 3. The molecule has 0 radical (unpaired) electrons. The van der Waals surface area contributed by atoms with Gasteiger partial charge in [0.2, 0.25) is 0 Å². The van der Waals surface area contributed by atoms with E-state index in [1.165, 1.54) is 10.9 Å². The van der Waals surface area contributed by atoms with Crippen molar-refractivity contribution in [2.45, 2.75) is 19.5 Å². The van der Waals surface area contributed by atoms with E-state index in [4.69, 9.17) is 4.98 Å². The third-order valence-electron chi connectivity index (χ3n) is 5.22. The number of nitrogens with one attached hydrogen (secondary N) is 2. The first-order valence-corrected chi connectivity index (χ1v) is 9.22. The van der Waals surface area contributed by atoms with Crippen LogP contribution in [0.5, 0.6) is 0 Å². The zero-order chi connectivity index (χ0) is 18.2. The smallest absolute Gasteiger partial charge is 0.254 e. The fourth-order valence-electron chi connectivity index (χ4n) is 3.82. The van der Waals surface area contributed by atoms with E-state index < -0.39 is 0 Å². The number of hydrogen-bond acceptors (Lipinski definition) is 3. The highest BCUT2D eigenvalue weighted by molar-refractivity contribution is 5.79. The summed E-state index contributed by atoms with van der Waals surface area (Å²) in [6.07, 6.45) is 2.70. The van der Waals surface area contributed by atoms with E-state index in [-0.39, 0.29) is 5.56 Å². The highest BCUT2D eigenvalue weighted by atomic mass is 16.1. The third-order valence-corrected chi connectivity index (χ3v) is 5.22. The van der Waals surface area contributed by atoms with Crippen molar-refractivity contribution in [3.8, 4) is 11.4 Å². The first-order chi connectivity index (χ1) is 13.3. The summed E-state index contributed by atoms with van der Waals surface area (Å²) in [5, 5.41) is 1.23. The SMILES string of the molecule is O=c1[nH]c(-c2ccccc2)nc2c1CCN(Cc1ccc3[nH]ccc3c1)C2. The number of fused-ring (bicyclic) bond motifs is 2. The van der Waals surface area contributed by atoms with Crippen LogP contribution in [0.2, 0.25) is 0 Å². The van der Waals surface area contributed by atoms with Gasteiger partial charge in [0.25, 0.3) is 5.56 Å². The molecule has 5 nitrogen and oxygen atoms in total. The summed E-state index contributed by atoms with van der Waals surface area (Å²) < 4.78 is 0. The Morgan fingerprint density at radius 2 is 1.96 bits per heavy atom. The van der Waals surface area contributed by atoms with Gasteiger partial charge >= 0.3 is 0 Å². The Morgan fingerprint density at radius 1 is 1.07 bits per heavy atom. The monoisotopic (exact) mass is 356 g/mol. The van der Waals surface area contributed by atoms with Gasteiger partial charge in [-0.1, -0.05) is 36.4 Å². The van der Waals surface area contributed by atoms with Crippen LogP contribution < -0.4 is 5.56 Å². The minimum Gasteiger partial charge on any atom is -0.361 e. The quantitative estimate of drug-likeness (QED) is 0.591. The minimum absolute atomic E-state index is 0.00718. The van der Waals surface area contributed by atoms with Gasteiger partial charge in [0.1, 0.15) is 5.82 Å². The van der Waals surface area contributed by atoms with Crippen LogP contribution in [0.4, 0.5) is 0 Å². The summed E-state index contributed by atoms with van der Waals surface area (Å²) >= 11 is 0. The molecule has 2 aromatic carbocycles. The molecule has 1 aliphatic rings. The normalized spacial score (nSPS) is 14.4. The molecule has 0 saturated heterocycles. The molecule has 5 rings (SSSR count). The van der Waals surface area contributed by atoms with E-state index >= 15 is 0 Å². The highest BCUT2D eigenvalue weighted by Crippen LogP contribution is 2.21. The number of nitrogens with zero attached hydrogens (tertiary/aromatic N) is 2. The van der Waals surface area contributed by atoms with Crippen LogP contribution in [0.25, 0.3) is 22.3 Å². The molecule has 0 unspecified atom stereocenters. The summed E-state index contributed by atoms with van der Waals surface area (Å²) in [5.74, 6) is 0.648. The van der Waals surface area contributed by atoms with E-state index in [9.17, 15) is 4.79 Å². The standard InChI is InChI=1S/C22H20N4O/c27-22-18-9-11-26(13-15-6-7-19-17(12-15)8-10-23-19)14-20(18)24-21(25-22)16-4-2-1-3-5-16/h1-8,10,12,23H,9,11,13-14H2,(H,24,25,27). The molecule has 2 N–H and O–H groups in total. The third kappa shape index (κ3) is 3.06. The Hall–Kier alpha value is -3.18. The maximum atomic E-state index is 12.5. The van der Waals surface area contributed by atoms with E-state index in [0.29, 0.717) is 12.4 Å². The van der Waals surface area contributed by atoms with Gasteiger partial charge < -0.3 is 9.97 Å². The van der Waals surface area contributed by atoms with Crippen molar-refractivity contribution in [1.82, 2.24) is 19.9 Å². The van der Waals surface area contributed by atoms with E-state index in [2.05, 4.69) is 39.1 Å². The van der Waals surface area contributed by atoms with Gasteiger partial charge in [-0.3, -0.25) is 9.69 Å². The predicted molar refractivity (Wildman–Crippen MR) is 106 cm³/mol. The Balaban J connectivity index is 1.42. The number of aromatic amines is 2. The zero-order valence-corrected chi connectivity index (χ0v) is 14.9. The molecule has 0 amide bonds. The molecule has 134 valence electrons. The molecule has 2 aromatic heterocycles. The average Bonchev–Trinajstić information content (AvgIpc) is 3.16. The number of aromatic nitrogens is 3. The lowest BCUT2D eigenvalue weighted by Gasteiger charge is -2.27. The molecule has 0 saturated carbocycles. The lowest BCUT2D eigenvalue weighted by molar-refractivity contribution is 0.240. The highest BCUT2D eigenvalue weighted by Gasteiger charge is 2.21. The van der Waals surface area contributed by atoms with Crippen LogP contribution in [0.3, 0.4) is 0 Å². The maximum Gasteiger partial charge on any atom is 0.254 e. The van der Waals surface area contributed by atoms with Crippen molar-refractivity contribution in [3.05, 3.63) is 88.0 Å². The van der Waals surface area contributed by atoms with Gasteiger partial charge in [-0.15, -0.1) is 0 Å². The molecule has 27 heavy (non-hydrogen) atoms. The second kappa shape index (κ2) is 6.52. The zero-order valence-electron chi connectivity index (χ0n) is 14.9. The second-order valence-electron chi connectivity index (χ2n) is 7.07. The molecule has 3 heterocycles. The van der Waals surface area contributed by atoms with Crippen molar-refractivity contribution in [2.24, 2.45) is 0 Å². The molecule has 0 spiro atoms. The molecule has 4 aromatic rings. The van der Waals surface area contributed by atoms with Gasteiger partial charge in [0, 0.05) is 42.5 Å². The Kier molecular flexibility index (Phi) is 3.87. The lowest BCUT2D eigenvalue weighted by Crippen LogP contribution is -2.35. The van der Waals surface area contributed by atoms with Gasteiger partial charge in [-0.05, 0) is 35.6 Å². The van der Waals surface area contributed by atoms with Gasteiger partial charge in [-0.2, -0.15) is 0 Å². The average molecular weight is 356 g/mol. The van der Waals surface area contributed by atoms with Crippen LogP contribution in [-0.2, 0) is 19.5 Å². The molecule has 0 fully saturated rings. The Morgan fingerprint density at radius 3 is 2.85 bits per heavy atom. The first kappa shape index (κ1) is 16.0. The van der Waals surface area contributed by atoms with Gasteiger partial charge in [-0.25, -0.2) is 4.98 Å². The fourth-order valence-corrected chi connectivity index (χ4v) is 3.82. The number of H-pyrrole nitrogens is 2. The molecule has 0 bridgehead atoms. The second-order valence-corrected chi connectivity index (χ2v) is 7.07. The summed E-state index contributed by atoms with van der Waals surface area (Å²) in [6, 6.07) is 18.4. The topological polar surface area (TPSA) is 64.8 Å². The number of benzene rings is 2. The van der Waals surface area contributed by atoms with Crippen LogP contribution in [-0.4, -0.2) is 26.4 Å². The van der Waals surface area contributed by atoms with Gasteiger partial charge in [0.05, 0.1) is 5.69 Å².